The Morgan fingerprint density at radius 2 is 1.50 bits per heavy atom. The molecule has 1 aliphatic carbocycles. The average molecular weight is 286 g/mol. The van der Waals surface area contributed by atoms with Crippen LogP contribution in [0.1, 0.15) is 12.0 Å². The van der Waals surface area contributed by atoms with E-state index < -0.39 is 5.66 Å². The first-order valence-electron chi connectivity index (χ1n) is 7.53. The highest BCUT2D eigenvalue weighted by molar-refractivity contribution is 5.95. The summed E-state index contributed by atoms with van der Waals surface area (Å²) < 4.78 is 0. The van der Waals surface area contributed by atoms with Gasteiger partial charge in [0.05, 0.1) is 5.66 Å². The summed E-state index contributed by atoms with van der Waals surface area (Å²) >= 11 is 0. The smallest absolute Gasteiger partial charge is 0.0947 e. The molecule has 3 aromatic carbocycles. The van der Waals surface area contributed by atoms with Crippen LogP contribution in [-0.2, 0) is 0 Å². The summed E-state index contributed by atoms with van der Waals surface area (Å²) in [5.74, 6) is 0. The van der Waals surface area contributed by atoms with Crippen molar-refractivity contribution in [2.45, 2.75) is 12.1 Å². The Kier molecular flexibility index (Phi) is 2.89. The zero-order valence-electron chi connectivity index (χ0n) is 12.3. The van der Waals surface area contributed by atoms with Crippen LogP contribution in [0.3, 0.4) is 0 Å². The maximum Gasteiger partial charge on any atom is 0.0947 e. The minimum atomic E-state index is -0.849. The molecule has 2 nitrogen and oxygen atoms in total. The van der Waals surface area contributed by atoms with Crippen molar-refractivity contribution in [1.82, 2.24) is 0 Å². The third-order valence-corrected chi connectivity index (χ3v) is 4.41. The third-order valence-electron chi connectivity index (χ3n) is 4.41. The molecule has 108 valence electrons. The number of fused-ring (bicyclic) bond motifs is 2. The van der Waals surface area contributed by atoms with Gasteiger partial charge in [0.15, 0.2) is 0 Å². The highest BCUT2D eigenvalue weighted by Crippen LogP contribution is 2.29. The predicted octanol–water partition coefficient (Wildman–Crippen LogP) is 1.84. The second-order valence-electron chi connectivity index (χ2n) is 5.94. The SMILES string of the molecule is NC1(N)CC=c2ccccc2=C1c1cccc2ccccc12. The van der Waals surface area contributed by atoms with Crippen molar-refractivity contribution in [3.8, 4) is 0 Å². The molecule has 0 heterocycles. The van der Waals surface area contributed by atoms with Gasteiger partial charge in [-0.3, -0.25) is 0 Å². The first kappa shape index (κ1) is 13.3. The van der Waals surface area contributed by atoms with E-state index in [2.05, 4.69) is 66.7 Å². The lowest BCUT2D eigenvalue weighted by Gasteiger charge is -2.30. The molecule has 0 saturated carbocycles. The lowest BCUT2D eigenvalue weighted by Crippen LogP contribution is -2.56. The summed E-state index contributed by atoms with van der Waals surface area (Å²) in [4.78, 5) is 0. The van der Waals surface area contributed by atoms with E-state index >= 15 is 0 Å². The van der Waals surface area contributed by atoms with Gasteiger partial charge in [-0.1, -0.05) is 72.8 Å². The van der Waals surface area contributed by atoms with Crippen LogP contribution < -0.4 is 21.9 Å². The Morgan fingerprint density at radius 1 is 0.773 bits per heavy atom. The van der Waals surface area contributed by atoms with Crippen LogP contribution in [0.15, 0.2) is 66.7 Å². The molecular formula is C20H18N2. The molecule has 0 saturated heterocycles. The number of hydrogen-bond acceptors (Lipinski definition) is 2. The molecule has 0 aromatic heterocycles. The second-order valence-corrected chi connectivity index (χ2v) is 5.94. The van der Waals surface area contributed by atoms with E-state index in [0.29, 0.717) is 6.42 Å². The largest absolute Gasteiger partial charge is 0.309 e. The first-order valence-corrected chi connectivity index (χ1v) is 7.53. The van der Waals surface area contributed by atoms with Gasteiger partial charge < -0.3 is 11.5 Å². The molecule has 4 rings (SSSR count). The van der Waals surface area contributed by atoms with Gasteiger partial charge in [-0.25, -0.2) is 0 Å². The number of nitrogens with two attached hydrogens (primary N) is 2. The van der Waals surface area contributed by atoms with E-state index in [1.807, 2.05) is 6.07 Å². The van der Waals surface area contributed by atoms with Gasteiger partial charge in [-0.15, -0.1) is 0 Å². The van der Waals surface area contributed by atoms with E-state index in [1.165, 1.54) is 16.0 Å². The van der Waals surface area contributed by atoms with Gasteiger partial charge in [-0.05, 0) is 26.8 Å². The van der Waals surface area contributed by atoms with Crippen molar-refractivity contribution in [3.63, 3.8) is 0 Å². The predicted molar refractivity (Wildman–Crippen MR) is 92.3 cm³/mol. The zero-order chi connectivity index (χ0) is 15.2. The van der Waals surface area contributed by atoms with Gasteiger partial charge in [0.2, 0.25) is 0 Å². The van der Waals surface area contributed by atoms with E-state index in [9.17, 15) is 0 Å². The van der Waals surface area contributed by atoms with Gasteiger partial charge in [0.1, 0.15) is 0 Å². The van der Waals surface area contributed by atoms with Crippen LogP contribution in [0.5, 0.6) is 0 Å². The van der Waals surface area contributed by atoms with Crippen LogP contribution in [0.25, 0.3) is 22.4 Å². The van der Waals surface area contributed by atoms with Crippen LogP contribution in [0, 0.1) is 0 Å². The minimum Gasteiger partial charge on any atom is -0.309 e. The van der Waals surface area contributed by atoms with Crippen molar-refractivity contribution >= 4 is 22.4 Å². The van der Waals surface area contributed by atoms with Gasteiger partial charge in [-0.2, -0.15) is 0 Å². The van der Waals surface area contributed by atoms with Crippen molar-refractivity contribution in [2.24, 2.45) is 11.5 Å². The molecule has 0 spiro atoms. The molecule has 0 radical (unpaired) electrons. The molecule has 0 bridgehead atoms. The standard InChI is InChI=1S/C20H18N2/c21-20(22)13-12-15-7-2-4-10-17(15)19(20)18-11-5-8-14-6-1-3-9-16(14)18/h1-12H,13,21-22H2. The second kappa shape index (κ2) is 4.80. The Labute approximate surface area is 129 Å². The van der Waals surface area contributed by atoms with Crippen LogP contribution in [-0.4, -0.2) is 5.66 Å². The Bertz CT molecular complexity index is 979. The maximum absolute atomic E-state index is 6.47. The Morgan fingerprint density at radius 3 is 2.41 bits per heavy atom. The van der Waals surface area contributed by atoms with Crippen molar-refractivity contribution in [1.29, 1.82) is 0 Å². The zero-order valence-corrected chi connectivity index (χ0v) is 12.3. The molecule has 2 heteroatoms. The molecule has 1 aliphatic rings. The molecule has 22 heavy (non-hydrogen) atoms. The molecular weight excluding hydrogens is 268 g/mol. The van der Waals surface area contributed by atoms with E-state index in [-0.39, 0.29) is 0 Å². The fraction of sp³-hybridized carbons (Fsp3) is 0.100. The fourth-order valence-electron chi connectivity index (χ4n) is 3.37. The van der Waals surface area contributed by atoms with Crippen LogP contribution in [0.2, 0.25) is 0 Å². The van der Waals surface area contributed by atoms with Crippen molar-refractivity contribution in [2.75, 3.05) is 0 Å². The van der Waals surface area contributed by atoms with E-state index in [4.69, 9.17) is 11.5 Å². The highest BCUT2D eigenvalue weighted by atomic mass is 15.0. The molecule has 3 aromatic rings. The first-order chi connectivity index (χ1) is 10.7. The fourth-order valence-corrected chi connectivity index (χ4v) is 3.37. The van der Waals surface area contributed by atoms with Gasteiger partial charge in [0.25, 0.3) is 0 Å². The van der Waals surface area contributed by atoms with Gasteiger partial charge in [0, 0.05) is 12.0 Å². The molecule has 0 amide bonds. The number of rotatable bonds is 1. The third kappa shape index (κ3) is 1.97. The highest BCUT2D eigenvalue weighted by Gasteiger charge is 2.28. The van der Waals surface area contributed by atoms with E-state index in [0.717, 1.165) is 16.4 Å². The Hall–Kier alpha value is -2.42. The average Bonchev–Trinajstić information content (AvgIpc) is 2.54. The lowest BCUT2D eigenvalue weighted by molar-refractivity contribution is 0.587. The topological polar surface area (TPSA) is 52.0 Å². The Balaban J connectivity index is 2.19. The summed E-state index contributed by atoms with van der Waals surface area (Å²) in [6, 6.07) is 23.0. The molecule has 0 unspecified atom stereocenters. The summed E-state index contributed by atoms with van der Waals surface area (Å²) in [5.41, 5.74) is 14.2. The summed E-state index contributed by atoms with van der Waals surface area (Å²) in [5, 5.41) is 4.74. The van der Waals surface area contributed by atoms with Crippen molar-refractivity contribution < 1.29 is 0 Å². The molecule has 0 aliphatic heterocycles. The van der Waals surface area contributed by atoms with Crippen LogP contribution in [0.4, 0.5) is 0 Å². The minimum absolute atomic E-state index is 0.641. The van der Waals surface area contributed by atoms with Crippen LogP contribution >= 0.6 is 0 Å². The summed E-state index contributed by atoms with van der Waals surface area (Å²) in [7, 11) is 0. The molecule has 0 fully saturated rings. The number of hydrogen-bond donors (Lipinski definition) is 2. The molecule has 0 atom stereocenters. The maximum atomic E-state index is 6.47. The summed E-state index contributed by atoms with van der Waals surface area (Å²) in [6.45, 7) is 0. The normalized spacial score (nSPS) is 16.2. The van der Waals surface area contributed by atoms with E-state index in [1.54, 1.807) is 0 Å². The summed E-state index contributed by atoms with van der Waals surface area (Å²) in [6.07, 6.45) is 2.77. The van der Waals surface area contributed by atoms with Gasteiger partial charge >= 0.3 is 0 Å². The monoisotopic (exact) mass is 286 g/mol. The molecule has 4 N–H and O–H groups in total. The van der Waals surface area contributed by atoms with Crippen molar-refractivity contribution in [3.05, 3.63) is 82.7 Å². The quantitative estimate of drug-likeness (QED) is 0.671. The lowest BCUT2D eigenvalue weighted by atomic mass is 9.83. The number of benzene rings is 3.